The molecule has 1 aliphatic heterocycles. The molecule has 2 aromatic rings. The van der Waals surface area contributed by atoms with E-state index in [1.807, 2.05) is 0 Å². The Kier molecular flexibility index (Phi) is 4.27. The van der Waals surface area contributed by atoms with Crippen LogP contribution >= 0.6 is 11.6 Å². The van der Waals surface area contributed by atoms with Gasteiger partial charge in [0.1, 0.15) is 17.2 Å². The largest absolute Gasteiger partial charge is 0.443 e. The molecule has 2 aromatic carbocycles. The van der Waals surface area contributed by atoms with Crippen molar-refractivity contribution in [3.05, 3.63) is 65.2 Å². The zero-order valence-electron chi connectivity index (χ0n) is 14.3. The van der Waals surface area contributed by atoms with Crippen molar-refractivity contribution < 1.29 is 23.1 Å². The molecule has 0 fully saturated rings. The van der Waals surface area contributed by atoms with E-state index in [0.29, 0.717) is 0 Å². The number of rotatable bonds is 1. The van der Waals surface area contributed by atoms with E-state index in [1.54, 1.807) is 20.8 Å². The summed E-state index contributed by atoms with van der Waals surface area (Å²) in [4.78, 5) is 24.6. The molecular formula is C19H16ClF2NO3. The number of benzene rings is 2. The predicted molar refractivity (Wildman–Crippen MR) is 93.2 cm³/mol. The number of amides is 2. The van der Waals surface area contributed by atoms with Gasteiger partial charge in [-0.05, 0) is 56.7 Å². The van der Waals surface area contributed by atoms with Gasteiger partial charge in [0.15, 0.2) is 4.87 Å². The lowest BCUT2D eigenvalue weighted by atomic mass is 9.91. The highest BCUT2D eigenvalue weighted by Crippen LogP contribution is 2.49. The van der Waals surface area contributed by atoms with Crippen molar-refractivity contribution >= 4 is 29.3 Å². The van der Waals surface area contributed by atoms with Crippen LogP contribution in [0, 0.1) is 11.6 Å². The standard InChI is InChI=1S/C19H16ClF2NO3/c1-18(2,3)26-17(25)23-15-9-8-13(22)10-14(15)19(20,16(23)24)11-4-6-12(21)7-5-11/h4-10H,1-3H3. The van der Waals surface area contributed by atoms with Crippen LogP contribution in [0.15, 0.2) is 42.5 Å². The van der Waals surface area contributed by atoms with Gasteiger partial charge in [-0.1, -0.05) is 23.7 Å². The first kappa shape index (κ1) is 18.3. The molecular weight excluding hydrogens is 364 g/mol. The van der Waals surface area contributed by atoms with Gasteiger partial charge in [-0.3, -0.25) is 4.79 Å². The number of nitrogens with zero attached hydrogens (tertiary/aromatic N) is 1. The number of halogens is 3. The summed E-state index contributed by atoms with van der Waals surface area (Å²) >= 11 is 6.62. The molecule has 136 valence electrons. The molecule has 0 saturated heterocycles. The molecule has 0 bridgehead atoms. The molecule has 0 saturated carbocycles. The SMILES string of the molecule is CC(C)(C)OC(=O)N1C(=O)C(Cl)(c2ccc(F)cc2)c2cc(F)ccc21. The van der Waals surface area contributed by atoms with E-state index in [1.165, 1.54) is 18.2 Å². The Morgan fingerprint density at radius 1 is 1.08 bits per heavy atom. The Morgan fingerprint density at radius 2 is 1.65 bits per heavy atom. The molecule has 26 heavy (non-hydrogen) atoms. The van der Waals surface area contributed by atoms with Crippen LogP contribution < -0.4 is 4.90 Å². The summed E-state index contributed by atoms with van der Waals surface area (Å²) in [6.45, 7) is 4.97. The molecule has 2 amide bonds. The fraction of sp³-hybridized carbons (Fsp3) is 0.263. The van der Waals surface area contributed by atoms with Crippen molar-refractivity contribution in [3.63, 3.8) is 0 Å². The molecule has 3 rings (SSSR count). The van der Waals surface area contributed by atoms with Gasteiger partial charge >= 0.3 is 6.09 Å². The van der Waals surface area contributed by atoms with Crippen molar-refractivity contribution in [1.29, 1.82) is 0 Å². The third-order valence-corrected chi connectivity index (χ3v) is 4.47. The van der Waals surface area contributed by atoms with Gasteiger partial charge in [-0.2, -0.15) is 0 Å². The lowest BCUT2D eigenvalue weighted by Gasteiger charge is -2.25. The number of ether oxygens (including phenoxy) is 1. The number of alkyl halides is 1. The van der Waals surface area contributed by atoms with Crippen molar-refractivity contribution in [1.82, 2.24) is 0 Å². The number of imide groups is 1. The summed E-state index contributed by atoms with van der Waals surface area (Å²) in [5, 5.41) is 0. The average molecular weight is 380 g/mol. The third-order valence-electron chi connectivity index (χ3n) is 3.89. The second-order valence-corrected chi connectivity index (χ2v) is 7.51. The van der Waals surface area contributed by atoms with E-state index >= 15 is 0 Å². The van der Waals surface area contributed by atoms with E-state index in [2.05, 4.69) is 0 Å². The van der Waals surface area contributed by atoms with Gasteiger partial charge in [0.05, 0.1) is 5.69 Å². The lowest BCUT2D eigenvalue weighted by molar-refractivity contribution is -0.119. The number of anilines is 1. The van der Waals surface area contributed by atoms with Crippen molar-refractivity contribution in [2.45, 2.75) is 31.2 Å². The Bertz CT molecular complexity index is 893. The molecule has 0 aromatic heterocycles. The maximum atomic E-state index is 13.8. The van der Waals surface area contributed by atoms with Gasteiger partial charge in [0.25, 0.3) is 5.91 Å². The molecule has 1 unspecified atom stereocenters. The molecule has 1 heterocycles. The summed E-state index contributed by atoms with van der Waals surface area (Å²) in [5.74, 6) is -1.93. The molecule has 0 spiro atoms. The van der Waals surface area contributed by atoms with Crippen molar-refractivity contribution in [2.75, 3.05) is 4.90 Å². The minimum Gasteiger partial charge on any atom is -0.443 e. The first-order chi connectivity index (χ1) is 12.0. The maximum Gasteiger partial charge on any atom is 0.421 e. The monoisotopic (exact) mass is 379 g/mol. The molecule has 1 aliphatic rings. The van der Waals surface area contributed by atoms with E-state index in [9.17, 15) is 18.4 Å². The summed E-state index contributed by atoms with van der Waals surface area (Å²) in [7, 11) is 0. The van der Waals surface area contributed by atoms with E-state index in [4.69, 9.17) is 16.3 Å². The quantitative estimate of drug-likeness (QED) is 0.673. The van der Waals surface area contributed by atoms with Crippen LogP contribution in [0.2, 0.25) is 0 Å². The first-order valence-electron chi connectivity index (χ1n) is 7.86. The lowest BCUT2D eigenvalue weighted by Crippen LogP contribution is -2.43. The predicted octanol–water partition coefficient (Wildman–Crippen LogP) is 4.73. The number of carbonyl (C=O) groups is 2. The Hall–Kier alpha value is -2.47. The Labute approximate surface area is 154 Å². The first-order valence-corrected chi connectivity index (χ1v) is 8.24. The smallest absolute Gasteiger partial charge is 0.421 e. The summed E-state index contributed by atoms with van der Waals surface area (Å²) in [6, 6.07) is 8.44. The average Bonchev–Trinajstić information content (AvgIpc) is 2.75. The maximum absolute atomic E-state index is 13.8. The van der Waals surface area contributed by atoms with Crippen molar-refractivity contribution in [2.24, 2.45) is 0 Å². The summed E-state index contributed by atoms with van der Waals surface area (Å²) < 4.78 is 32.4. The highest BCUT2D eigenvalue weighted by Gasteiger charge is 2.54. The molecule has 0 N–H and O–H groups in total. The van der Waals surface area contributed by atoms with Crippen LogP contribution in [0.3, 0.4) is 0 Å². The molecule has 4 nitrogen and oxygen atoms in total. The number of hydrogen-bond donors (Lipinski definition) is 0. The van der Waals surface area contributed by atoms with E-state index < -0.39 is 34.1 Å². The van der Waals surface area contributed by atoms with Gasteiger partial charge in [-0.25, -0.2) is 18.5 Å². The fourth-order valence-electron chi connectivity index (χ4n) is 2.81. The number of carbonyl (C=O) groups excluding carboxylic acids is 2. The minimum absolute atomic E-state index is 0.0987. The molecule has 1 atom stereocenters. The third kappa shape index (κ3) is 2.94. The highest BCUT2D eigenvalue weighted by molar-refractivity contribution is 6.44. The minimum atomic E-state index is -1.86. The van der Waals surface area contributed by atoms with Gasteiger partial charge in [0.2, 0.25) is 0 Å². The topological polar surface area (TPSA) is 46.6 Å². The highest BCUT2D eigenvalue weighted by atomic mass is 35.5. The molecule has 7 heteroatoms. The zero-order chi connectivity index (χ0) is 19.3. The van der Waals surface area contributed by atoms with Crippen LogP contribution in [0.25, 0.3) is 0 Å². The zero-order valence-corrected chi connectivity index (χ0v) is 15.1. The summed E-state index contributed by atoms with van der Waals surface area (Å²) in [6.07, 6.45) is -0.917. The van der Waals surface area contributed by atoms with E-state index in [0.717, 1.165) is 29.2 Å². The van der Waals surface area contributed by atoms with Crippen LogP contribution in [0.1, 0.15) is 31.9 Å². The van der Waals surface area contributed by atoms with Crippen LogP contribution in [0.4, 0.5) is 19.3 Å². The van der Waals surface area contributed by atoms with Crippen molar-refractivity contribution in [3.8, 4) is 0 Å². The Morgan fingerprint density at radius 3 is 2.23 bits per heavy atom. The van der Waals surface area contributed by atoms with Crippen LogP contribution in [0.5, 0.6) is 0 Å². The second kappa shape index (κ2) is 6.06. The Balaban J connectivity index is 2.16. The van der Waals surface area contributed by atoms with Crippen LogP contribution in [-0.4, -0.2) is 17.6 Å². The van der Waals surface area contributed by atoms with E-state index in [-0.39, 0.29) is 16.8 Å². The van der Waals surface area contributed by atoms with Gasteiger partial charge < -0.3 is 4.74 Å². The van der Waals surface area contributed by atoms with Gasteiger partial charge in [-0.15, -0.1) is 0 Å². The summed E-state index contributed by atoms with van der Waals surface area (Å²) in [5.41, 5.74) is -0.388. The van der Waals surface area contributed by atoms with Gasteiger partial charge in [0, 0.05) is 5.56 Å². The molecule has 0 radical (unpaired) electrons. The number of hydrogen-bond acceptors (Lipinski definition) is 3. The normalized spacial score (nSPS) is 19.5. The second-order valence-electron chi connectivity index (χ2n) is 6.95. The number of fused-ring (bicyclic) bond motifs is 1. The fourth-order valence-corrected chi connectivity index (χ4v) is 3.17. The van der Waals surface area contributed by atoms with Crippen LogP contribution in [-0.2, 0) is 14.4 Å². The molecule has 0 aliphatic carbocycles.